The summed E-state index contributed by atoms with van der Waals surface area (Å²) in [5, 5.41) is 7.32. The Morgan fingerprint density at radius 3 is 2.56 bits per heavy atom. The van der Waals surface area contributed by atoms with E-state index in [0.29, 0.717) is 0 Å². The molecule has 9 heteroatoms. The fourth-order valence-electron chi connectivity index (χ4n) is 1.84. The number of aliphatic imine (C=N–C) groups is 1. The number of carbonyl (C=O) groups excluding carboxylic acids is 3. The molecule has 2 rings (SSSR count). The smallest absolute Gasteiger partial charge is 0.452 e. The van der Waals surface area contributed by atoms with Crippen molar-refractivity contribution >= 4 is 34.8 Å². The van der Waals surface area contributed by atoms with Gasteiger partial charge in [-0.2, -0.15) is 0 Å². The number of hydrogen-bond acceptors (Lipinski definition) is 7. The second kappa shape index (κ2) is 8.88. The number of carbonyl (C=O) groups is 3. The van der Waals surface area contributed by atoms with Crippen molar-refractivity contribution in [1.82, 2.24) is 0 Å². The van der Waals surface area contributed by atoms with E-state index in [0.717, 1.165) is 17.3 Å². The van der Waals surface area contributed by atoms with Crippen LogP contribution in [0.25, 0.3) is 0 Å². The maximum atomic E-state index is 11.9. The summed E-state index contributed by atoms with van der Waals surface area (Å²) in [5.74, 6) is -0.928. The van der Waals surface area contributed by atoms with E-state index in [2.05, 4.69) is 20.0 Å². The molecule has 1 aromatic rings. The lowest BCUT2D eigenvalue weighted by molar-refractivity contribution is -0.135. The Hall–Kier alpha value is -2.81. The van der Waals surface area contributed by atoms with E-state index in [1.54, 1.807) is 12.1 Å². The van der Waals surface area contributed by atoms with Crippen LogP contribution in [-0.2, 0) is 25.7 Å². The molecule has 0 fully saturated rings. The van der Waals surface area contributed by atoms with E-state index >= 15 is 0 Å². The van der Waals surface area contributed by atoms with Crippen molar-refractivity contribution in [2.24, 2.45) is 15.2 Å². The molecule has 0 radical (unpaired) electrons. The van der Waals surface area contributed by atoms with Gasteiger partial charge in [-0.15, -0.1) is 5.11 Å². The number of nitrogens with zero attached hydrogens (tertiary/aromatic N) is 3. The summed E-state index contributed by atoms with van der Waals surface area (Å²) < 4.78 is 9.63. The number of ether oxygens (including phenoxy) is 2. The lowest BCUT2D eigenvalue weighted by atomic mass is 10.2. The second-order valence-corrected chi connectivity index (χ2v) is 5.76. The normalized spacial score (nSPS) is 15.0. The van der Waals surface area contributed by atoms with Gasteiger partial charge in [0.25, 0.3) is 5.91 Å². The summed E-state index contributed by atoms with van der Waals surface area (Å²) in [6.45, 7) is 1.52. The van der Waals surface area contributed by atoms with E-state index in [1.165, 1.54) is 14.0 Å². The fourth-order valence-corrected chi connectivity index (χ4v) is 2.71. The highest BCUT2D eigenvalue weighted by atomic mass is 32.2. The van der Waals surface area contributed by atoms with Gasteiger partial charge in [0.15, 0.2) is 0 Å². The molecule has 0 saturated carbocycles. The summed E-state index contributed by atoms with van der Waals surface area (Å²) in [6, 6.07) is 9.10. The van der Waals surface area contributed by atoms with Gasteiger partial charge in [0.1, 0.15) is 17.2 Å². The molecule has 1 aliphatic rings. The number of benzene rings is 1. The first-order valence-electron chi connectivity index (χ1n) is 7.17. The highest BCUT2D eigenvalue weighted by Crippen LogP contribution is 2.23. The third kappa shape index (κ3) is 5.35. The van der Waals surface area contributed by atoms with E-state index in [1.807, 2.05) is 18.2 Å². The zero-order valence-corrected chi connectivity index (χ0v) is 14.4. The molecule has 0 saturated heterocycles. The molecule has 1 heterocycles. The van der Waals surface area contributed by atoms with Gasteiger partial charge >= 0.3 is 12.1 Å². The van der Waals surface area contributed by atoms with Crippen LogP contribution in [0.3, 0.4) is 0 Å². The van der Waals surface area contributed by atoms with Gasteiger partial charge in [0, 0.05) is 0 Å². The van der Waals surface area contributed by atoms with Crippen molar-refractivity contribution in [2.75, 3.05) is 12.9 Å². The van der Waals surface area contributed by atoms with Crippen molar-refractivity contribution in [3.8, 4) is 0 Å². The third-order valence-corrected chi connectivity index (χ3v) is 3.97. The second-order valence-electron chi connectivity index (χ2n) is 4.79. The number of thioether (sulfide) groups is 1. The number of esters is 1. The van der Waals surface area contributed by atoms with Crippen molar-refractivity contribution < 1.29 is 23.9 Å². The topological polar surface area (TPSA) is 107 Å². The Morgan fingerprint density at radius 1 is 1.24 bits per heavy atom. The number of methoxy groups -OCH3 is 1. The van der Waals surface area contributed by atoms with Crippen LogP contribution < -0.4 is 0 Å². The summed E-state index contributed by atoms with van der Waals surface area (Å²) >= 11 is 1.10. The van der Waals surface area contributed by atoms with Crippen LogP contribution in [0, 0.1) is 0 Å². The molecule has 0 aliphatic carbocycles. The predicted octanol–water partition coefficient (Wildman–Crippen LogP) is 2.89. The van der Waals surface area contributed by atoms with Crippen LogP contribution in [0.2, 0.25) is 0 Å². The predicted molar refractivity (Wildman–Crippen MR) is 91.1 cm³/mol. The summed E-state index contributed by atoms with van der Waals surface area (Å²) in [5.41, 5.74) is 0.909. The molecule has 1 aromatic carbocycles. The monoisotopic (exact) mass is 361 g/mol. The maximum absolute atomic E-state index is 11.9. The van der Waals surface area contributed by atoms with Crippen LogP contribution in [0.4, 0.5) is 4.79 Å². The highest BCUT2D eigenvalue weighted by molar-refractivity contribution is 8.15. The lowest BCUT2D eigenvalue weighted by Crippen LogP contribution is -2.13. The Labute approximate surface area is 148 Å². The zero-order valence-electron chi connectivity index (χ0n) is 13.6. The molecule has 0 bridgehead atoms. The van der Waals surface area contributed by atoms with E-state index in [9.17, 15) is 14.4 Å². The minimum Gasteiger partial charge on any atom is -0.465 e. The summed E-state index contributed by atoms with van der Waals surface area (Å²) in [6.07, 6.45) is -0.899. The Balaban J connectivity index is 2.08. The molecule has 0 spiro atoms. The number of azo groups is 1. The zero-order chi connectivity index (χ0) is 18.2. The first-order chi connectivity index (χ1) is 12.0. The van der Waals surface area contributed by atoms with Gasteiger partial charge in [-0.05, 0) is 12.5 Å². The number of hydrogen-bond donors (Lipinski definition) is 0. The quantitative estimate of drug-likeness (QED) is 0.453. The largest absolute Gasteiger partial charge is 0.465 e. The van der Waals surface area contributed by atoms with Crippen molar-refractivity contribution in [1.29, 1.82) is 0 Å². The molecule has 8 nitrogen and oxygen atoms in total. The Kier molecular flexibility index (Phi) is 6.58. The summed E-state index contributed by atoms with van der Waals surface area (Å²) in [7, 11) is 1.20. The number of amides is 2. The van der Waals surface area contributed by atoms with E-state index < -0.39 is 12.1 Å². The van der Waals surface area contributed by atoms with Gasteiger partial charge in [0.2, 0.25) is 0 Å². The maximum Gasteiger partial charge on any atom is 0.452 e. The fraction of sp³-hybridized carbons (Fsp3) is 0.250. The van der Waals surface area contributed by atoms with Crippen molar-refractivity contribution in [2.45, 2.75) is 13.5 Å². The average molecular weight is 361 g/mol. The summed E-state index contributed by atoms with van der Waals surface area (Å²) in [4.78, 5) is 38.6. The molecule has 1 aliphatic heterocycles. The highest BCUT2D eigenvalue weighted by Gasteiger charge is 2.26. The van der Waals surface area contributed by atoms with Crippen LogP contribution in [0.15, 0.2) is 56.8 Å². The first kappa shape index (κ1) is 18.5. The SMILES string of the molecule is COC(=O)/C(C1=NC(=O)CS1)=C(/C)N=NC(=O)OCc1ccccc1. The minimum absolute atomic E-state index is 0.00189. The van der Waals surface area contributed by atoms with Gasteiger partial charge in [-0.1, -0.05) is 47.2 Å². The van der Waals surface area contributed by atoms with Crippen LogP contribution in [-0.4, -0.2) is 35.9 Å². The molecule has 0 atom stereocenters. The lowest BCUT2D eigenvalue weighted by Gasteiger charge is -2.05. The first-order valence-corrected chi connectivity index (χ1v) is 8.16. The molecule has 0 aromatic heterocycles. The molecule has 25 heavy (non-hydrogen) atoms. The van der Waals surface area contributed by atoms with Crippen LogP contribution in [0.5, 0.6) is 0 Å². The molecular formula is C16H15N3O5S. The Morgan fingerprint density at radius 2 is 1.96 bits per heavy atom. The molecule has 2 amide bonds. The van der Waals surface area contributed by atoms with Gasteiger partial charge in [0.05, 0.1) is 18.6 Å². The average Bonchev–Trinajstić information content (AvgIpc) is 3.04. The van der Waals surface area contributed by atoms with Gasteiger partial charge < -0.3 is 9.47 Å². The Bertz CT molecular complexity index is 771. The number of allylic oxidation sites excluding steroid dienone is 1. The molecule has 0 N–H and O–H groups in total. The standard InChI is InChI=1S/C16H15N3O5S/c1-10(13(15(21)23-2)14-17-12(20)9-25-14)18-19-16(22)24-8-11-6-4-3-5-7-11/h3-7H,8-9H2,1-2H3/b13-10-,19-18?. The van der Waals surface area contributed by atoms with Gasteiger partial charge in [-0.25, -0.2) is 14.6 Å². The minimum atomic E-state index is -0.899. The van der Waals surface area contributed by atoms with Crippen molar-refractivity contribution in [3.63, 3.8) is 0 Å². The third-order valence-electron chi connectivity index (χ3n) is 3.01. The van der Waals surface area contributed by atoms with E-state index in [4.69, 9.17) is 4.74 Å². The van der Waals surface area contributed by atoms with Crippen LogP contribution >= 0.6 is 11.8 Å². The van der Waals surface area contributed by atoms with Crippen LogP contribution in [0.1, 0.15) is 12.5 Å². The molecule has 130 valence electrons. The van der Waals surface area contributed by atoms with Gasteiger partial charge in [-0.3, -0.25) is 4.79 Å². The van der Waals surface area contributed by atoms with Crippen molar-refractivity contribution in [3.05, 3.63) is 47.2 Å². The number of rotatable bonds is 5. The van der Waals surface area contributed by atoms with E-state index in [-0.39, 0.29) is 34.6 Å². The molecular weight excluding hydrogens is 346 g/mol. The molecule has 0 unspecified atom stereocenters.